The van der Waals surface area contributed by atoms with Crippen LogP contribution in [0.2, 0.25) is 0 Å². The molecule has 0 radical (unpaired) electrons. The van der Waals surface area contributed by atoms with Gasteiger partial charge in [0, 0.05) is 0 Å². The lowest BCUT2D eigenvalue weighted by Crippen LogP contribution is -1.74. The van der Waals surface area contributed by atoms with Gasteiger partial charge in [-0.05, 0) is 38.8 Å². The molecule has 0 amide bonds. The minimum Gasteiger partial charge on any atom is -0.0919 e. The zero-order chi connectivity index (χ0) is 13.4. The van der Waals surface area contributed by atoms with Crippen molar-refractivity contribution >= 4 is 0 Å². The van der Waals surface area contributed by atoms with Crippen LogP contribution in [0.1, 0.15) is 52.7 Å². The summed E-state index contributed by atoms with van der Waals surface area (Å²) in [6.45, 7) is 16.2. The molecule has 0 saturated heterocycles. The van der Waals surface area contributed by atoms with E-state index in [0.717, 1.165) is 0 Å². The summed E-state index contributed by atoms with van der Waals surface area (Å²) in [7, 11) is 0. The molecule has 0 bridgehead atoms. The second-order valence-electron chi connectivity index (χ2n) is 2.75. The predicted octanol–water partition coefficient (Wildman–Crippen LogP) is 5.94. The lowest BCUT2D eigenvalue weighted by atomic mass is 10.1. The van der Waals surface area contributed by atoms with Crippen molar-refractivity contribution in [1.29, 1.82) is 0 Å². The quantitative estimate of drug-likeness (QED) is 0.477. The number of hydrogen-bond acceptors (Lipinski definition) is 0. The maximum atomic E-state index is 2.12. The molecule has 0 aromatic heterocycles. The fourth-order valence-corrected chi connectivity index (χ4v) is 0.663. The lowest BCUT2D eigenvalue weighted by molar-refractivity contribution is 1.34. The summed E-state index contributed by atoms with van der Waals surface area (Å²) in [5.74, 6) is 0. The van der Waals surface area contributed by atoms with E-state index < -0.39 is 0 Å². The van der Waals surface area contributed by atoms with Crippen molar-refractivity contribution < 1.29 is 0 Å². The van der Waals surface area contributed by atoms with E-state index >= 15 is 0 Å². The maximum absolute atomic E-state index is 2.12. The average molecular weight is 222 g/mol. The maximum Gasteiger partial charge on any atom is -0.0395 e. The Kier molecular flexibility index (Phi) is 24.9. The number of hydrogen-bond donors (Lipinski definition) is 0. The van der Waals surface area contributed by atoms with Gasteiger partial charge in [-0.25, -0.2) is 0 Å². The highest BCUT2D eigenvalue weighted by molar-refractivity contribution is 5.23. The van der Waals surface area contributed by atoms with Crippen LogP contribution in [0.4, 0.5) is 0 Å². The molecule has 0 N–H and O–H groups in total. The Morgan fingerprint density at radius 1 is 0.688 bits per heavy atom. The van der Waals surface area contributed by atoms with Crippen molar-refractivity contribution in [3.8, 4) is 0 Å². The van der Waals surface area contributed by atoms with E-state index in [1.807, 2.05) is 53.7 Å². The van der Waals surface area contributed by atoms with Gasteiger partial charge in [-0.15, -0.1) is 0 Å². The van der Waals surface area contributed by atoms with E-state index in [-0.39, 0.29) is 0 Å². The minimum absolute atomic E-state index is 1.37. The summed E-state index contributed by atoms with van der Waals surface area (Å²) in [5.41, 5.74) is 2.74. The SMILES string of the molecule is C/C=C\C.CC.CC.Cc1ccccc1C. The summed E-state index contributed by atoms with van der Waals surface area (Å²) in [6.07, 6.45) is 4.00. The standard InChI is InChI=1S/C8H10.C4H8.2C2H6/c1-7-5-3-4-6-8(7)2;1-3-4-2;2*1-2/h3-6H,1-2H3;3-4H,1-2H3;2*1-2H3/b;4-3-;;. The van der Waals surface area contributed by atoms with E-state index in [2.05, 4.69) is 38.1 Å². The molecule has 1 aromatic carbocycles. The zero-order valence-corrected chi connectivity index (χ0v) is 12.5. The summed E-state index contributed by atoms with van der Waals surface area (Å²) >= 11 is 0. The molecule has 16 heavy (non-hydrogen) atoms. The molecule has 0 unspecified atom stereocenters. The molecule has 0 spiro atoms. The first kappa shape index (κ1) is 20.4. The Morgan fingerprint density at radius 3 is 1.06 bits per heavy atom. The highest BCUT2D eigenvalue weighted by atomic mass is 13.9. The van der Waals surface area contributed by atoms with Gasteiger partial charge in [0.1, 0.15) is 0 Å². The molecular formula is C16H30. The van der Waals surface area contributed by atoms with Crippen LogP contribution in [0.15, 0.2) is 36.4 Å². The molecule has 0 aliphatic carbocycles. The van der Waals surface area contributed by atoms with Crippen LogP contribution in [0.5, 0.6) is 0 Å². The van der Waals surface area contributed by atoms with Crippen LogP contribution in [-0.4, -0.2) is 0 Å². The molecule has 94 valence electrons. The lowest BCUT2D eigenvalue weighted by Gasteiger charge is -1.93. The Hall–Kier alpha value is -1.04. The molecule has 0 heterocycles. The summed E-state index contributed by atoms with van der Waals surface area (Å²) in [5, 5.41) is 0. The highest BCUT2D eigenvalue weighted by Crippen LogP contribution is 2.02. The van der Waals surface area contributed by atoms with E-state index in [1.54, 1.807) is 0 Å². The number of benzene rings is 1. The number of allylic oxidation sites excluding steroid dienone is 2. The largest absolute Gasteiger partial charge is 0.0919 e. The smallest absolute Gasteiger partial charge is 0.0395 e. The van der Waals surface area contributed by atoms with Crippen molar-refractivity contribution in [3.63, 3.8) is 0 Å². The molecule has 0 fully saturated rings. The van der Waals surface area contributed by atoms with Gasteiger partial charge in [0.2, 0.25) is 0 Å². The van der Waals surface area contributed by atoms with Crippen molar-refractivity contribution in [3.05, 3.63) is 47.5 Å². The van der Waals surface area contributed by atoms with E-state index in [1.165, 1.54) is 11.1 Å². The minimum atomic E-state index is 1.37. The van der Waals surface area contributed by atoms with E-state index in [0.29, 0.717) is 0 Å². The van der Waals surface area contributed by atoms with Crippen LogP contribution in [0.25, 0.3) is 0 Å². The molecule has 0 nitrogen and oxygen atoms in total. The summed E-state index contributed by atoms with van der Waals surface area (Å²) < 4.78 is 0. The van der Waals surface area contributed by atoms with Gasteiger partial charge >= 0.3 is 0 Å². The molecule has 1 rings (SSSR count). The molecule has 0 aliphatic rings. The topological polar surface area (TPSA) is 0 Å². The van der Waals surface area contributed by atoms with Crippen molar-refractivity contribution in [2.45, 2.75) is 55.4 Å². The van der Waals surface area contributed by atoms with Gasteiger partial charge < -0.3 is 0 Å². The summed E-state index contributed by atoms with van der Waals surface area (Å²) in [4.78, 5) is 0. The molecule has 0 atom stereocenters. The first-order valence-electron chi connectivity index (χ1n) is 6.32. The Morgan fingerprint density at radius 2 is 0.938 bits per heavy atom. The fraction of sp³-hybridized carbons (Fsp3) is 0.500. The fourth-order valence-electron chi connectivity index (χ4n) is 0.663. The molecular weight excluding hydrogens is 192 g/mol. The van der Waals surface area contributed by atoms with Gasteiger partial charge in [-0.2, -0.15) is 0 Å². The van der Waals surface area contributed by atoms with Gasteiger partial charge in [0.15, 0.2) is 0 Å². The molecule has 1 aromatic rings. The van der Waals surface area contributed by atoms with Crippen LogP contribution < -0.4 is 0 Å². The van der Waals surface area contributed by atoms with E-state index in [9.17, 15) is 0 Å². The van der Waals surface area contributed by atoms with Crippen molar-refractivity contribution in [2.75, 3.05) is 0 Å². The van der Waals surface area contributed by atoms with Crippen LogP contribution in [0.3, 0.4) is 0 Å². The first-order valence-corrected chi connectivity index (χ1v) is 6.32. The van der Waals surface area contributed by atoms with Gasteiger partial charge in [0.25, 0.3) is 0 Å². The van der Waals surface area contributed by atoms with Crippen LogP contribution >= 0.6 is 0 Å². The molecule has 0 saturated carbocycles. The van der Waals surface area contributed by atoms with Gasteiger partial charge in [-0.3, -0.25) is 0 Å². The first-order chi connectivity index (χ1) is 7.72. The Bertz CT molecular complexity index is 209. The Balaban J connectivity index is -0.000000181. The molecule has 0 aliphatic heterocycles. The Labute approximate surface area is 103 Å². The third-order valence-corrected chi connectivity index (χ3v) is 1.76. The van der Waals surface area contributed by atoms with E-state index in [4.69, 9.17) is 0 Å². The number of aryl methyl sites for hydroxylation is 2. The van der Waals surface area contributed by atoms with Crippen molar-refractivity contribution in [1.82, 2.24) is 0 Å². The average Bonchev–Trinajstić information content (AvgIpc) is 2.38. The normalized spacial score (nSPS) is 7.75. The van der Waals surface area contributed by atoms with Gasteiger partial charge in [0.05, 0.1) is 0 Å². The zero-order valence-electron chi connectivity index (χ0n) is 12.5. The van der Waals surface area contributed by atoms with Crippen LogP contribution in [0, 0.1) is 13.8 Å². The monoisotopic (exact) mass is 222 g/mol. The second kappa shape index (κ2) is 19.5. The summed E-state index contributed by atoms with van der Waals surface area (Å²) in [6, 6.07) is 8.36. The number of rotatable bonds is 0. The molecule has 0 heteroatoms. The van der Waals surface area contributed by atoms with Gasteiger partial charge in [-0.1, -0.05) is 64.1 Å². The predicted molar refractivity (Wildman–Crippen MR) is 79.1 cm³/mol. The third kappa shape index (κ3) is 15.4. The highest BCUT2D eigenvalue weighted by Gasteiger charge is 1.83. The second-order valence-corrected chi connectivity index (χ2v) is 2.75. The third-order valence-electron chi connectivity index (χ3n) is 1.76. The van der Waals surface area contributed by atoms with Crippen LogP contribution in [-0.2, 0) is 0 Å². The van der Waals surface area contributed by atoms with Crippen molar-refractivity contribution in [2.24, 2.45) is 0 Å².